The van der Waals surface area contributed by atoms with Crippen molar-refractivity contribution in [3.63, 3.8) is 0 Å². The molecular weight excluding hydrogens is 366 g/mol. The molecule has 25 heavy (non-hydrogen) atoms. The Bertz CT molecular complexity index is 853. The van der Waals surface area contributed by atoms with E-state index in [4.69, 9.17) is 20.9 Å². The molecule has 2 atom stereocenters. The number of aromatic nitrogens is 2. The van der Waals surface area contributed by atoms with Gasteiger partial charge in [-0.3, -0.25) is 4.90 Å². The largest absolute Gasteiger partial charge is 0.380 e. The van der Waals surface area contributed by atoms with E-state index >= 15 is 0 Å². The average molecular weight is 384 g/mol. The summed E-state index contributed by atoms with van der Waals surface area (Å²) in [6, 6.07) is 7.15. The lowest BCUT2D eigenvalue weighted by Crippen LogP contribution is -2.58. The second kappa shape index (κ2) is 6.68. The minimum absolute atomic E-state index is 0.0571. The normalized spacial score (nSPS) is 26.3. The molecule has 9 heteroatoms. The molecule has 0 saturated carbocycles. The van der Waals surface area contributed by atoms with E-state index in [1.165, 1.54) is 0 Å². The van der Waals surface area contributed by atoms with Gasteiger partial charge in [0.15, 0.2) is 9.84 Å². The van der Waals surface area contributed by atoms with Gasteiger partial charge in [0.1, 0.15) is 5.25 Å². The molecule has 2 unspecified atom stereocenters. The lowest BCUT2D eigenvalue weighted by molar-refractivity contribution is 0.0277. The monoisotopic (exact) mass is 383 g/mol. The lowest BCUT2D eigenvalue weighted by atomic mass is 10.1. The van der Waals surface area contributed by atoms with Crippen molar-refractivity contribution >= 4 is 21.4 Å². The number of sulfone groups is 1. The third kappa shape index (κ3) is 3.44. The Morgan fingerprint density at radius 2 is 2.08 bits per heavy atom. The molecule has 2 aliphatic rings. The van der Waals surface area contributed by atoms with Crippen LogP contribution in [0.5, 0.6) is 0 Å². The van der Waals surface area contributed by atoms with E-state index in [0.29, 0.717) is 42.9 Å². The molecule has 0 amide bonds. The zero-order chi connectivity index (χ0) is 17.4. The summed E-state index contributed by atoms with van der Waals surface area (Å²) in [5.41, 5.74) is 0.824. The summed E-state index contributed by atoms with van der Waals surface area (Å²) in [6.07, 6.45) is 0.697. The summed E-state index contributed by atoms with van der Waals surface area (Å²) in [7, 11) is -3.10. The maximum absolute atomic E-state index is 12.3. The zero-order valence-corrected chi connectivity index (χ0v) is 15.0. The molecule has 1 aromatic heterocycles. The van der Waals surface area contributed by atoms with E-state index in [1.807, 2.05) is 12.1 Å². The van der Waals surface area contributed by atoms with Gasteiger partial charge in [0.25, 0.3) is 0 Å². The van der Waals surface area contributed by atoms with Gasteiger partial charge in [-0.1, -0.05) is 16.8 Å². The van der Waals surface area contributed by atoms with Crippen molar-refractivity contribution < 1.29 is 17.7 Å². The Balaban J connectivity index is 1.51. The van der Waals surface area contributed by atoms with Gasteiger partial charge in [-0.15, -0.1) is 0 Å². The fraction of sp³-hybridized carbons (Fsp3) is 0.500. The molecule has 2 fully saturated rings. The first-order chi connectivity index (χ1) is 12.0. The minimum Gasteiger partial charge on any atom is -0.380 e. The minimum atomic E-state index is -3.10. The molecule has 3 heterocycles. The second-order valence-corrected chi connectivity index (χ2v) is 9.10. The van der Waals surface area contributed by atoms with Crippen LogP contribution in [-0.4, -0.2) is 60.3 Å². The maximum atomic E-state index is 12.3. The molecule has 2 aliphatic heterocycles. The van der Waals surface area contributed by atoms with Gasteiger partial charge in [0.2, 0.25) is 11.7 Å². The highest BCUT2D eigenvalue weighted by atomic mass is 35.5. The molecular formula is C16H18ClN3O4S. The first-order valence-electron chi connectivity index (χ1n) is 8.15. The summed E-state index contributed by atoms with van der Waals surface area (Å²) < 4.78 is 35.3. The summed E-state index contributed by atoms with van der Waals surface area (Å²) in [6.45, 7) is 1.76. The third-order valence-corrected chi connectivity index (χ3v) is 7.15. The van der Waals surface area contributed by atoms with Crippen LogP contribution < -0.4 is 0 Å². The number of hydrogen-bond acceptors (Lipinski definition) is 7. The number of fused-ring (bicyclic) bond motifs is 1. The number of ether oxygens (including phenoxy) is 1. The van der Waals surface area contributed by atoms with Gasteiger partial charge in [-0.2, -0.15) is 4.98 Å². The highest BCUT2D eigenvalue weighted by molar-refractivity contribution is 7.92. The van der Waals surface area contributed by atoms with Crippen LogP contribution in [-0.2, 0) is 21.1 Å². The van der Waals surface area contributed by atoms with E-state index in [-0.39, 0.29) is 18.4 Å². The average Bonchev–Trinajstić information content (AvgIpc) is 3.07. The Hall–Kier alpha value is -1.48. The van der Waals surface area contributed by atoms with Crippen molar-refractivity contribution in [2.24, 2.45) is 0 Å². The zero-order valence-electron chi connectivity index (χ0n) is 13.5. The predicted octanol–water partition coefficient (Wildman–Crippen LogP) is 1.78. The summed E-state index contributed by atoms with van der Waals surface area (Å²) in [4.78, 5) is 6.55. The summed E-state index contributed by atoms with van der Waals surface area (Å²) in [5, 5.41) is 4.20. The summed E-state index contributed by atoms with van der Waals surface area (Å²) >= 11 is 5.89. The molecule has 134 valence electrons. The van der Waals surface area contributed by atoms with Crippen LogP contribution in [0.2, 0.25) is 5.02 Å². The third-order valence-electron chi connectivity index (χ3n) is 4.77. The topological polar surface area (TPSA) is 85.5 Å². The quantitative estimate of drug-likeness (QED) is 0.798. The molecule has 0 aliphatic carbocycles. The number of hydrogen-bond donors (Lipinski definition) is 0. The summed E-state index contributed by atoms with van der Waals surface area (Å²) in [5.74, 6) is 1.12. The Morgan fingerprint density at radius 3 is 2.88 bits per heavy atom. The van der Waals surface area contributed by atoms with Crippen LogP contribution in [0.3, 0.4) is 0 Å². The molecule has 4 rings (SSSR count). The molecule has 1 aromatic carbocycles. The van der Waals surface area contributed by atoms with Crippen molar-refractivity contribution in [2.75, 3.05) is 25.5 Å². The van der Waals surface area contributed by atoms with Gasteiger partial charge in [-0.05, 0) is 30.7 Å². The van der Waals surface area contributed by atoms with Crippen molar-refractivity contribution in [1.82, 2.24) is 15.0 Å². The fourth-order valence-corrected chi connectivity index (χ4v) is 5.44. The van der Waals surface area contributed by atoms with Crippen LogP contribution in [0.1, 0.15) is 12.3 Å². The Labute approximate surface area is 150 Å². The number of halogens is 1. The molecule has 0 spiro atoms. The van der Waals surface area contributed by atoms with Crippen LogP contribution in [0.4, 0.5) is 0 Å². The van der Waals surface area contributed by atoms with Crippen LogP contribution in [0.15, 0.2) is 28.8 Å². The maximum Gasteiger partial charge on any atom is 0.241 e. The SMILES string of the molecule is O=S1(=O)CCN(Cc2nc(-c3ccc(Cl)cc3)no2)C2CCOCC21. The second-order valence-electron chi connectivity index (χ2n) is 6.33. The van der Waals surface area contributed by atoms with Crippen molar-refractivity contribution in [1.29, 1.82) is 0 Å². The molecule has 7 nitrogen and oxygen atoms in total. The first kappa shape index (κ1) is 17.0. The van der Waals surface area contributed by atoms with Gasteiger partial charge < -0.3 is 9.26 Å². The number of nitrogens with zero attached hydrogens (tertiary/aromatic N) is 3. The van der Waals surface area contributed by atoms with Gasteiger partial charge in [-0.25, -0.2) is 8.42 Å². The van der Waals surface area contributed by atoms with Crippen LogP contribution >= 0.6 is 11.6 Å². The molecule has 0 N–H and O–H groups in total. The number of rotatable bonds is 3. The lowest BCUT2D eigenvalue weighted by Gasteiger charge is -2.42. The van der Waals surface area contributed by atoms with Gasteiger partial charge in [0.05, 0.1) is 18.9 Å². The highest BCUT2D eigenvalue weighted by Gasteiger charge is 2.43. The van der Waals surface area contributed by atoms with Crippen LogP contribution in [0.25, 0.3) is 11.4 Å². The molecule has 0 radical (unpaired) electrons. The van der Waals surface area contributed by atoms with Crippen molar-refractivity contribution in [3.05, 3.63) is 35.2 Å². The van der Waals surface area contributed by atoms with Gasteiger partial charge in [0, 0.05) is 29.8 Å². The molecule has 2 aromatic rings. The smallest absolute Gasteiger partial charge is 0.241 e. The Kier molecular flexibility index (Phi) is 4.53. The van der Waals surface area contributed by atoms with E-state index in [2.05, 4.69) is 15.0 Å². The van der Waals surface area contributed by atoms with E-state index in [1.54, 1.807) is 12.1 Å². The standard InChI is InChI=1S/C16H18ClN3O4S/c17-12-3-1-11(2-4-12)16-18-15(24-19-16)9-20-6-8-25(21,22)14-10-23-7-5-13(14)20/h1-4,13-14H,5-10H2. The fourth-order valence-electron chi connectivity index (χ4n) is 3.43. The molecule has 2 saturated heterocycles. The first-order valence-corrected chi connectivity index (χ1v) is 10.2. The van der Waals surface area contributed by atoms with E-state index in [9.17, 15) is 8.42 Å². The van der Waals surface area contributed by atoms with E-state index < -0.39 is 15.1 Å². The highest BCUT2D eigenvalue weighted by Crippen LogP contribution is 2.27. The van der Waals surface area contributed by atoms with E-state index in [0.717, 1.165) is 5.56 Å². The van der Waals surface area contributed by atoms with Gasteiger partial charge >= 0.3 is 0 Å². The van der Waals surface area contributed by atoms with Crippen molar-refractivity contribution in [3.8, 4) is 11.4 Å². The Morgan fingerprint density at radius 1 is 1.28 bits per heavy atom. The van der Waals surface area contributed by atoms with Crippen LogP contribution in [0, 0.1) is 0 Å². The van der Waals surface area contributed by atoms with Crippen molar-refractivity contribution in [2.45, 2.75) is 24.3 Å². The molecule has 0 bridgehead atoms. The predicted molar refractivity (Wildman–Crippen MR) is 92.0 cm³/mol. The number of benzene rings is 1.